The summed E-state index contributed by atoms with van der Waals surface area (Å²) < 4.78 is 0. The third kappa shape index (κ3) is 0.256. The van der Waals surface area contributed by atoms with Crippen molar-refractivity contribution in [3.63, 3.8) is 0 Å². The first-order chi connectivity index (χ1) is 5.88. The van der Waals surface area contributed by atoms with Gasteiger partial charge in [-0.05, 0) is 41.4 Å². The molecule has 2 heteroatoms. The maximum absolute atomic E-state index is 11.4. The van der Waals surface area contributed by atoms with Crippen LogP contribution < -0.4 is 5.32 Å². The molecular weight excluding hydrogens is 150 g/mol. The molecule has 0 spiro atoms. The maximum atomic E-state index is 11.4. The Hall–Kier alpha value is -0.530. The zero-order chi connectivity index (χ0) is 7.61. The quantitative estimate of drug-likeness (QED) is 0.542. The van der Waals surface area contributed by atoms with E-state index in [0.29, 0.717) is 11.9 Å². The molecule has 12 heavy (non-hydrogen) atoms. The van der Waals surface area contributed by atoms with E-state index in [4.69, 9.17) is 0 Å². The van der Waals surface area contributed by atoms with Crippen molar-refractivity contribution < 1.29 is 4.79 Å². The maximum Gasteiger partial charge on any atom is 0.220 e. The minimum Gasteiger partial charge on any atom is -0.353 e. The van der Waals surface area contributed by atoms with Crippen LogP contribution in [0.3, 0.4) is 0 Å². The topological polar surface area (TPSA) is 29.1 Å². The van der Waals surface area contributed by atoms with Crippen molar-refractivity contribution in [2.45, 2.75) is 12.5 Å². The van der Waals surface area contributed by atoms with E-state index in [-0.39, 0.29) is 0 Å². The van der Waals surface area contributed by atoms with Gasteiger partial charge in [-0.25, -0.2) is 0 Å². The smallest absolute Gasteiger partial charge is 0.220 e. The van der Waals surface area contributed by atoms with Crippen molar-refractivity contribution in [2.24, 2.45) is 41.4 Å². The van der Waals surface area contributed by atoms with Crippen LogP contribution in [0, 0.1) is 41.4 Å². The zero-order valence-electron chi connectivity index (χ0n) is 6.73. The predicted molar refractivity (Wildman–Crippen MR) is 41.0 cm³/mol. The molecule has 6 rings (SSSR count). The van der Waals surface area contributed by atoms with Gasteiger partial charge in [-0.1, -0.05) is 0 Å². The lowest BCUT2D eigenvalue weighted by molar-refractivity contribution is -0.411. The molecule has 62 valence electrons. The SMILES string of the molecule is O=C1CC2C3C4C(N1)C1C2C3C41. The van der Waals surface area contributed by atoms with Crippen molar-refractivity contribution in [1.82, 2.24) is 5.32 Å². The summed E-state index contributed by atoms with van der Waals surface area (Å²) in [7, 11) is 0. The molecule has 6 aliphatic rings. The molecule has 1 amide bonds. The first kappa shape index (κ1) is 5.25. The van der Waals surface area contributed by atoms with E-state index in [2.05, 4.69) is 5.32 Å². The highest BCUT2D eigenvalue weighted by molar-refractivity contribution is 5.79. The van der Waals surface area contributed by atoms with Crippen LogP contribution in [0.5, 0.6) is 0 Å². The van der Waals surface area contributed by atoms with E-state index in [0.717, 1.165) is 47.8 Å². The summed E-state index contributed by atoms with van der Waals surface area (Å²) >= 11 is 0. The summed E-state index contributed by atoms with van der Waals surface area (Å²) in [6.45, 7) is 0. The monoisotopic (exact) mass is 161 g/mol. The van der Waals surface area contributed by atoms with Crippen LogP contribution in [-0.4, -0.2) is 11.9 Å². The second-order valence-electron chi connectivity index (χ2n) is 5.43. The van der Waals surface area contributed by atoms with Crippen LogP contribution in [0.4, 0.5) is 0 Å². The average molecular weight is 161 g/mol. The highest BCUT2D eigenvalue weighted by Gasteiger charge is 2.87. The van der Waals surface area contributed by atoms with Crippen molar-refractivity contribution >= 4 is 5.91 Å². The molecule has 0 aromatic heterocycles. The molecule has 2 heterocycles. The Labute approximate surface area is 70.7 Å². The lowest BCUT2D eigenvalue weighted by Gasteiger charge is -2.89. The summed E-state index contributed by atoms with van der Waals surface area (Å²) in [5.41, 5.74) is 0. The van der Waals surface area contributed by atoms with Crippen LogP contribution in [-0.2, 0) is 4.79 Å². The normalized spacial score (nSPS) is 78.5. The van der Waals surface area contributed by atoms with Gasteiger partial charge in [0.25, 0.3) is 0 Å². The molecule has 0 radical (unpaired) electrons. The third-order valence-corrected chi connectivity index (χ3v) is 5.68. The lowest BCUT2D eigenvalue weighted by atomic mass is 9.16. The van der Waals surface area contributed by atoms with Gasteiger partial charge in [0.2, 0.25) is 5.91 Å². The fourth-order valence-corrected chi connectivity index (χ4v) is 5.52. The lowest BCUT2D eigenvalue weighted by Crippen LogP contribution is -2.90. The summed E-state index contributed by atoms with van der Waals surface area (Å²) in [6, 6.07) is 0.640. The number of carbonyl (C=O) groups excluding carboxylic acids is 1. The Morgan fingerprint density at radius 1 is 1.00 bits per heavy atom. The summed E-state index contributed by atoms with van der Waals surface area (Å²) in [5.74, 6) is 7.25. The van der Waals surface area contributed by atoms with Crippen LogP contribution in [0.15, 0.2) is 0 Å². The molecule has 1 N–H and O–H groups in total. The molecule has 2 bridgehead atoms. The molecule has 4 aliphatic carbocycles. The van der Waals surface area contributed by atoms with Crippen LogP contribution >= 0.6 is 0 Å². The van der Waals surface area contributed by atoms with Gasteiger partial charge in [0.05, 0.1) is 0 Å². The van der Waals surface area contributed by atoms with Crippen molar-refractivity contribution in [1.29, 1.82) is 0 Å². The van der Waals surface area contributed by atoms with Crippen LogP contribution in [0.2, 0.25) is 0 Å². The number of amides is 1. The van der Waals surface area contributed by atoms with E-state index in [1.165, 1.54) is 0 Å². The fourth-order valence-electron chi connectivity index (χ4n) is 5.52. The van der Waals surface area contributed by atoms with Crippen LogP contribution in [0.25, 0.3) is 0 Å². The Morgan fingerprint density at radius 2 is 1.67 bits per heavy atom. The molecule has 4 unspecified atom stereocenters. The minimum absolute atomic E-state index is 0.351. The van der Waals surface area contributed by atoms with Gasteiger partial charge in [-0.3, -0.25) is 4.79 Å². The van der Waals surface area contributed by atoms with Gasteiger partial charge in [0, 0.05) is 12.5 Å². The van der Waals surface area contributed by atoms with Crippen molar-refractivity contribution in [2.75, 3.05) is 0 Å². The largest absolute Gasteiger partial charge is 0.353 e. The highest BCUT2D eigenvalue weighted by Crippen LogP contribution is 2.87. The summed E-state index contributed by atoms with van der Waals surface area (Å²) in [4.78, 5) is 11.4. The van der Waals surface area contributed by atoms with E-state index in [1.807, 2.05) is 0 Å². The highest BCUT2D eigenvalue weighted by atomic mass is 16.1. The second-order valence-corrected chi connectivity index (χ2v) is 5.43. The minimum atomic E-state index is 0.351. The predicted octanol–water partition coefficient (Wildman–Crippen LogP) is 0.243. The molecule has 2 nitrogen and oxygen atoms in total. The van der Waals surface area contributed by atoms with E-state index in [1.54, 1.807) is 0 Å². The summed E-state index contributed by atoms with van der Waals surface area (Å²) in [5, 5.41) is 3.21. The van der Waals surface area contributed by atoms with Gasteiger partial charge >= 0.3 is 0 Å². The van der Waals surface area contributed by atoms with Gasteiger partial charge < -0.3 is 5.32 Å². The second kappa shape index (κ2) is 1.16. The number of hydrogen-bond acceptors (Lipinski definition) is 1. The standard InChI is InChI=1S/C10H11NO/c12-3-1-2-4-6-5(2)9-7(6)8(4)10(9)11-3/h2,4-10H,1H2,(H,11,12). The van der Waals surface area contributed by atoms with Gasteiger partial charge in [0.1, 0.15) is 0 Å². The van der Waals surface area contributed by atoms with E-state index < -0.39 is 0 Å². The number of nitrogens with one attached hydrogen (secondary N) is 1. The Morgan fingerprint density at radius 3 is 2.42 bits per heavy atom. The third-order valence-electron chi connectivity index (χ3n) is 5.68. The van der Waals surface area contributed by atoms with Gasteiger partial charge in [-0.15, -0.1) is 0 Å². The molecule has 4 atom stereocenters. The van der Waals surface area contributed by atoms with E-state index in [9.17, 15) is 4.79 Å². The Bertz CT molecular complexity index is 276. The zero-order valence-corrected chi connectivity index (χ0v) is 6.73. The number of rotatable bonds is 0. The number of fused-ring (bicyclic) bond motifs is 2. The van der Waals surface area contributed by atoms with Gasteiger partial charge in [0.15, 0.2) is 0 Å². The number of carbonyl (C=O) groups is 1. The molecule has 6 fully saturated rings. The van der Waals surface area contributed by atoms with Crippen molar-refractivity contribution in [3.05, 3.63) is 0 Å². The molecular formula is C10H11NO. The molecule has 2 aliphatic heterocycles. The number of hydrogen-bond donors (Lipinski definition) is 1. The first-order valence-electron chi connectivity index (χ1n) is 5.17. The van der Waals surface area contributed by atoms with E-state index >= 15 is 0 Å². The van der Waals surface area contributed by atoms with Crippen LogP contribution in [0.1, 0.15) is 6.42 Å². The summed E-state index contributed by atoms with van der Waals surface area (Å²) in [6.07, 6.45) is 0.863. The molecule has 0 aromatic rings. The molecule has 4 saturated carbocycles. The Balaban J connectivity index is 1.73. The van der Waals surface area contributed by atoms with Gasteiger partial charge in [-0.2, -0.15) is 0 Å². The first-order valence-corrected chi connectivity index (χ1v) is 5.17. The molecule has 0 aromatic carbocycles. The Kier molecular flexibility index (Phi) is 0.507. The average Bonchev–Trinajstić information content (AvgIpc) is 2.13. The van der Waals surface area contributed by atoms with Crippen molar-refractivity contribution in [3.8, 4) is 0 Å². The fraction of sp³-hybridized carbons (Fsp3) is 0.900. The molecule has 2 saturated heterocycles.